The molecule has 0 aromatic carbocycles. The largest absolute Gasteiger partial charge is 0.465 e. The Morgan fingerprint density at radius 1 is 1.32 bits per heavy atom. The van der Waals surface area contributed by atoms with Crippen molar-refractivity contribution in [3.05, 3.63) is 0 Å². The molecule has 2 rings (SSSR count). The average molecular weight is 270 g/mol. The Labute approximate surface area is 113 Å². The molecule has 0 aromatic rings. The summed E-state index contributed by atoms with van der Waals surface area (Å²) < 4.78 is 0. The Morgan fingerprint density at radius 3 is 2.63 bits per heavy atom. The predicted octanol–water partition coefficient (Wildman–Crippen LogP) is 1.71. The van der Waals surface area contributed by atoms with Gasteiger partial charge in [0, 0.05) is 19.6 Å². The summed E-state index contributed by atoms with van der Waals surface area (Å²) in [6.45, 7) is 2.53. The first-order chi connectivity index (χ1) is 9.16. The molecule has 0 aliphatic carbocycles. The Hall–Kier alpha value is -1.30. The zero-order chi connectivity index (χ0) is 13.7. The number of carboxylic acid groups (broad SMARTS) is 1. The van der Waals surface area contributed by atoms with Crippen LogP contribution in [0.3, 0.4) is 0 Å². The minimum Gasteiger partial charge on any atom is -0.465 e. The summed E-state index contributed by atoms with van der Waals surface area (Å²) >= 11 is 0. The second-order valence-corrected chi connectivity index (χ2v) is 5.29. The third-order valence-corrected chi connectivity index (χ3v) is 3.95. The minimum atomic E-state index is -0.803. The molecule has 0 aromatic heterocycles. The molecule has 2 aliphatic rings. The first kappa shape index (κ1) is 14.1. The number of hydrogen-bond acceptors (Lipinski definition) is 3. The van der Waals surface area contributed by atoms with Gasteiger partial charge in [-0.15, -0.1) is 0 Å². The number of piperidine rings is 1. The van der Waals surface area contributed by atoms with Gasteiger partial charge < -0.3 is 10.0 Å². The lowest BCUT2D eigenvalue weighted by molar-refractivity contribution is -0.161. The van der Waals surface area contributed by atoms with Gasteiger partial charge in [0.2, 0.25) is 5.91 Å². The second kappa shape index (κ2) is 6.75. The van der Waals surface area contributed by atoms with Crippen LogP contribution in [0, 0.1) is 5.92 Å². The van der Waals surface area contributed by atoms with Crippen LogP contribution in [0.15, 0.2) is 0 Å². The molecule has 6 heteroatoms. The zero-order valence-electron chi connectivity index (χ0n) is 11.2. The van der Waals surface area contributed by atoms with Crippen LogP contribution in [-0.2, 0) is 9.63 Å². The van der Waals surface area contributed by atoms with Gasteiger partial charge in [0.1, 0.15) is 0 Å². The topological polar surface area (TPSA) is 70.1 Å². The molecule has 1 N–H and O–H groups in total. The highest BCUT2D eigenvalue weighted by Gasteiger charge is 2.23. The lowest BCUT2D eigenvalue weighted by Gasteiger charge is -2.30. The van der Waals surface area contributed by atoms with Crippen molar-refractivity contribution in [3.63, 3.8) is 0 Å². The summed E-state index contributed by atoms with van der Waals surface area (Å²) in [7, 11) is 0. The fraction of sp³-hybridized carbons (Fsp3) is 0.846. The van der Waals surface area contributed by atoms with Gasteiger partial charge in [-0.2, -0.15) is 0 Å². The highest BCUT2D eigenvalue weighted by molar-refractivity contribution is 5.76. The van der Waals surface area contributed by atoms with Crippen molar-refractivity contribution in [2.75, 3.05) is 26.2 Å². The van der Waals surface area contributed by atoms with Gasteiger partial charge in [0.25, 0.3) is 0 Å². The number of nitrogens with zero attached hydrogens (tertiary/aromatic N) is 2. The van der Waals surface area contributed by atoms with Crippen LogP contribution in [0.2, 0.25) is 0 Å². The molecule has 2 fully saturated rings. The van der Waals surface area contributed by atoms with E-state index < -0.39 is 6.09 Å². The highest BCUT2D eigenvalue weighted by Crippen LogP contribution is 2.22. The van der Waals surface area contributed by atoms with E-state index in [0.717, 1.165) is 32.1 Å². The molecular weight excluding hydrogens is 248 g/mol. The van der Waals surface area contributed by atoms with Crippen LogP contribution in [0.25, 0.3) is 0 Å². The third kappa shape index (κ3) is 4.09. The maximum absolute atomic E-state index is 11.3. The summed E-state index contributed by atoms with van der Waals surface area (Å²) in [4.78, 5) is 28.8. The van der Waals surface area contributed by atoms with Crippen molar-refractivity contribution in [2.45, 2.75) is 38.5 Å². The number of carbonyl (C=O) groups is 2. The number of hydrogen-bond donors (Lipinski definition) is 1. The Balaban J connectivity index is 1.54. The van der Waals surface area contributed by atoms with Crippen molar-refractivity contribution < 1.29 is 19.5 Å². The van der Waals surface area contributed by atoms with Gasteiger partial charge in [0.15, 0.2) is 0 Å². The van der Waals surface area contributed by atoms with E-state index in [2.05, 4.69) is 0 Å². The smallest absolute Gasteiger partial charge is 0.407 e. The monoisotopic (exact) mass is 270 g/mol. The van der Waals surface area contributed by atoms with E-state index >= 15 is 0 Å². The predicted molar refractivity (Wildman–Crippen MR) is 68.5 cm³/mol. The van der Waals surface area contributed by atoms with Crippen molar-refractivity contribution in [2.24, 2.45) is 5.92 Å². The van der Waals surface area contributed by atoms with E-state index in [4.69, 9.17) is 9.94 Å². The molecule has 0 spiro atoms. The first-order valence-electron chi connectivity index (χ1n) is 7.08. The number of hydroxylamine groups is 2. The minimum absolute atomic E-state index is 0.0924. The Bertz CT molecular complexity index is 327. The lowest BCUT2D eigenvalue weighted by Crippen LogP contribution is -2.37. The molecule has 2 saturated heterocycles. The summed E-state index contributed by atoms with van der Waals surface area (Å²) in [6, 6.07) is 0. The van der Waals surface area contributed by atoms with E-state index in [1.165, 1.54) is 9.96 Å². The zero-order valence-corrected chi connectivity index (χ0v) is 11.2. The van der Waals surface area contributed by atoms with Gasteiger partial charge in [-0.1, -0.05) is 12.8 Å². The second-order valence-electron chi connectivity index (χ2n) is 5.29. The van der Waals surface area contributed by atoms with E-state index in [1.54, 1.807) is 0 Å². The molecule has 0 atom stereocenters. The number of amides is 2. The molecule has 0 bridgehead atoms. The number of likely N-dealkylation sites (tertiary alicyclic amines) is 1. The maximum atomic E-state index is 11.3. The maximum Gasteiger partial charge on any atom is 0.407 e. The molecule has 2 amide bonds. The van der Waals surface area contributed by atoms with Gasteiger partial charge in [-0.25, -0.2) is 9.86 Å². The molecule has 2 aliphatic heterocycles. The number of rotatable bonds is 5. The fourth-order valence-electron chi connectivity index (χ4n) is 2.73. The Kier molecular flexibility index (Phi) is 5.01. The van der Waals surface area contributed by atoms with Crippen LogP contribution >= 0.6 is 0 Å². The standard InChI is InChI=1S/C13H22N2O4/c16-12-6-10-19-15(12)7-2-1-3-11-4-8-14(9-5-11)13(17)18/h11H,1-10H2,(H,17,18). The normalized spacial score (nSPS) is 21.2. The summed E-state index contributed by atoms with van der Waals surface area (Å²) in [5.41, 5.74) is 0. The Morgan fingerprint density at radius 2 is 2.05 bits per heavy atom. The van der Waals surface area contributed by atoms with Crippen molar-refractivity contribution in [1.29, 1.82) is 0 Å². The molecule has 0 radical (unpaired) electrons. The lowest BCUT2D eigenvalue weighted by atomic mass is 9.92. The van der Waals surface area contributed by atoms with Gasteiger partial charge in [-0.05, 0) is 25.2 Å². The van der Waals surface area contributed by atoms with Crippen molar-refractivity contribution in [3.8, 4) is 0 Å². The SMILES string of the molecule is O=C(O)N1CCC(CCCCN2OCCC2=O)CC1. The summed E-state index contributed by atoms with van der Waals surface area (Å²) in [5.74, 6) is 0.723. The molecule has 19 heavy (non-hydrogen) atoms. The average Bonchev–Trinajstić information content (AvgIpc) is 2.81. The van der Waals surface area contributed by atoms with Crippen LogP contribution in [0.5, 0.6) is 0 Å². The van der Waals surface area contributed by atoms with Crippen LogP contribution in [0.4, 0.5) is 4.79 Å². The molecular formula is C13H22N2O4. The van der Waals surface area contributed by atoms with Crippen LogP contribution in [0.1, 0.15) is 38.5 Å². The van der Waals surface area contributed by atoms with Crippen molar-refractivity contribution >= 4 is 12.0 Å². The molecule has 108 valence electrons. The van der Waals surface area contributed by atoms with Crippen molar-refractivity contribution in [1.82, 2.24) is 9.96 Å². The summed E-state index contributed by atoms with van der Waals surface area (Å²) in [5, 5.41) is 10.3. The molecule has 6 nitrogen and oxygen atoms in total. The highest BCUT2D eigenvalue weighted by atomic mass is 16.7. The number of unbranched alkanes of at least 4 members (excludes halogenated alkanes) is 1. The van der Waals surface area contributed by atoms with E-state index in [-0.39, 0.29) is 5.91 Å². The number of carbonyl (C=O) groups excluding carboxylic acids is 1. The van der Waals surface area contributed by atoms with Crippen LogP contribution < -0.4 is 0 Å². The molecule has 2 heterocycles. The van der Waals surface area contributed by atoms with E-state index in [0.29, 0.717) is 38.6 Å². The van der Waals surface area contributed by atoms with Gasteiger partial charge >= 0.3 is 6.09 Å². The summed E-state index contributed by atoms with van der Waals surface area (Å²) in [6.07, 6.45) is 4.79. The molecule has 0 unspecified atom stereocenters. The van der Waals surface area contributed by atoms with Gasteiger partial charge in [-0.3, -0.25) is 9.63 Å². The van der Waals surface area contributed by atoms with Gasteiger partial charge in [0.05, 0.1) is 13.0 Å². The van der Waals surface area contributed by atoms with E-state index in [1.807, 2.05) is 0 Å². The van der Waals surface area contributed by atoms with E-state index in [9.17, 15) is 9.59 Å². The third-order valence-electron chi connectivity index (χ3n) is 3.95. The molecule has 0 saturated carbocycles. The quantitative estimate of drug-likeness (QED) is 0.772. The fourth-order valence-corrected chi connectivity index (χ4v) is 2.73. The first-order valence-corrected chi connectivity index (χ1v) is 7.08. The van der Waals surface area contributed by atoms with Crippen LogP contribution in [-0.4, -0.2) is 53.3 Å².